The van der Waals surface area contributed by atoms with E-state index in [1.807, 2.05) is 0 Å². The molecule has 7 heteroatoms. The van der Waals surface area contributed by atoms with Crippen LogP contribution in [0.15, 0.2) is 29.2 Å². The zero-order valence-corrected chi connectivity index (χ0v) is 7.69. The SMILES string of the molecule is O=Cc1ccccc1S(=O)(=O)C(=O)O.[NaH]. The third-order valence-corrected chi connectivity index (χ3v) is 2.98. The molecule has 1 rings (SSSR count). The number of rotatable bonds is 2. The molecule has 0 saturated carbocycles. The van der Waals surface area contributed by atoms with Crippen LogP contribution < -0.4 is 0 Å². The van der Waals surface area contributed by atoms with Gasteiger partial charge in [0.1, 0.15) is 0 Å². The minimum atomic E-state index is -4.43. The molecular formula is C8H7NaO5S. The third-order valence-electron chi connectivity index (χ3n) is 1.57. The molecule has 0 aliphatic rings. The molecule has 0 unspecified atom stereocenters. The molecule has 0 aliphatic carbocycles. The number of sulfone groups is 1. The molecule has 1 aromatic carbocycles. The summed E-state index contributed by atoms with van der Waals surface area (Å²) in [6.07, 6.45) is 0.301. The minimum absolute atomic E-state index is 0. The molecule has 0 spiro atoms. The van der Waals surface area contributed by atoms with E-state index in [4.69, 9.17) is 5.11 Å². The first-order chi connectivity index (χ1) is 6.50. The maximum atomic E-state index is 11.2. The fourth-order valence-corrected chi connectivity index (χ4v) is 1.79. The van der Waals surface area contributed by atoms with Crippen LogP contribution in [0.25, 0.3) is 0 Å². The Bertz CT molecular complexity index is 480. The van der Waals surface area contributed by atoms with Gasteiger partial charge in [0.2, 0.25) is 0 Å². The van der Waals surface area contributed by atoms with Crippen LogP contribution in [-0.2, 0) is 9.84 Å². The second-order valence-corrected chi connectivity index (χ2v) is 4.22. The average molecular weight is 238 g/mol. The second kappa shape index (κ2) is 5.41. The van der Waals surface area contributed by atoms with Crippen molar-refractivity contribution in [3.8, 4) is 0 Å². The van der Waals surface area contributed by atoms with E-state index in [1.165, 1.54) is 18.2 Å². The molecule has 0 fully saturated rings. The maximum absolute atomic E-state index is 11.2. The zero-order valence-electron chi connectivity index (χ0n) is 6.88. The summed E-state index contributed by atoms with van der Waals surface area (Å²) < 4.78 is 22.3. The molecule has 1 aromatic rings. The predicted octanol–water partition coefficient (Wildman–Crippen LogP) is 0.302. The number of carbonyl (C=O) groups is 2. The Balaban J connectivity index is 0.00000196. The van der Waals surface area contributed by atoms with Crippen LogP contribution in [0.4, 0.5) is 4.79 Å². The van der Waals surface area contributed by atoms with Gasteiger partial charge in [0.05, 0.1) is 4.90 Å². The summed E-state index contributed by atoms with van der Waals surface area (Å²) in [5.74, 6) is 0. The van der Waals surface area contributed by atoms with Crippen LogP contribution in [0.5, 0.6) is 0 Å². The molecule has 0 amide bonds. The van der Waals surface area contributed by atoms with Gasteiger partial charge in [-0.3, -0.25) is 4.79 Å². The second-order valence-electron chi connectivity index (χ2n) is 2.43. The molecule has 0 saturated heterocycles. The molecule has 0 bridgehead atoms. The van der Waals surface area contributed by atoms with E-state index >= 15 is 0 Å². The number of benzene rings is 1. The van der Waals surface area contributed by atoms with Crippen molar-refractivity contribution >= 4 is 51.0 Å². The van der Waals surface area contributed by atoms with Gasteiger partial charge in [-0.25, -0.2) is 13.2 Å². The van der Waals surface area contributed by atoms with Gasteiger partial charge in [0, 0.05) is 5.56 Å². The van der Waals surface area contributed by atoms with Gasteiger partial charge in [-0.15, -0.1) is 0 Å². The summed E-state index contributed by atoms with van der Waals surface area (Å²) in [4.78, 5) is 20.3. The van der Waals surface area contributed by atoms with Crippen molar-refractivity contribution in [2.45, 2.75) is 4.90 Å². The van der Waals surface area contributed by atoms with Gasteiger partial charge in [0.25, 0.3) is 9.84 Å². The van der Waals surface area contributed by atoms with E-state index in [2.05, 4.69) is 0 Å². The molecule has 0 heterocycles. The summed E-state index contributed by atoms with van der Waals surface area (Å²) >= 11 is 0. The van der Waals surface area contributed by atoms with Gasteiger partial charge >= 0.3 is 34.9 Å². The first kappa shape index (κ1) is 14.3. The summed E-state index contributed by atoms with van der Waals surface area (Å²) in [6, 6.07) is 5.11. The van der Waals surface area contributed by atoms with Crippen LogP contribution in [-0.4, -0.2) is 54.7 Å². The standard InChI is InChI=1S/C8H6O5S.Na.H/c9-5-6-3-1-2-4-7(6)14(12,13)8(10)11;;/h1-5H,(H,10,11);;. The number of carbonyl (C=O) groups excluding carboxylic acids is 1. The van der Waals surface area contributed by atoms with Crippen molar-refractivity contribution in [2.24, 2.45) is 0 Å². The number of aldehydes is 1. The van der Waals surface area contributed by atoms with E-state index in [1.54, 1.807) is 0 Å². The Morgan fingerprint density at radius 2 is 1.80 bits per heavy atom. The van der Waals surface area contributed by atoms with E-state index in [9.17, 15) is 18.0 Å². The van der Waals surface area contributed by atoms with Crippen LogP contribution in [0.3, 0.4) is 0 Å². The topological polar surface area (TPSA) is 88.5 Å². The van der Waals surface area contributed by atoms with Crippen LogP contribution >= 0.6 is 0 Å². The van der Waals surface area contributed by atoms with E-state index in [-0.39, 0.29) is 35.1 Å². The van der Waals surface area contributed by atoms with Crippen LogP contribution in [0, 0.1) is 0 Å². The first-order valence-corrected chi connectivity index (χ1v) is 5.00. The van der Waals surface area contributed by atoms with E-state index < -0.39 is 20.0 Å². The monoisotopic (exact) mass is 238 g/mol. The van der Waals surface area contributed by atoms with Crippen LogP contribution in [0.1, 0.15) is 10.4 Å². The Hall–Kier alpha value is -0.690. The quantitative estimate of drug-likeness (QED) is 0.591. The fraction of sp³-hybridized carbons (Fsp3) is 0. The van der Waals surface area contributed by atoms with Gasteiger partial charge in [0.15, 0.2) is 6.29 Å². The van der Waals surface area contributed by atoms with Crippen molar-refractivity contribution in [3.05, 3.63) is 29.8 Å². The molecule has 0 aromatic heterocycles. The van der Waals surface area contributed by atoms with Gasteiger partial charge < -0.3 is 5.11 Å². The first-order valence-electron chi connectivity index (χ1n) is 3.52. The summed E-state index contributed by atoms with van der Waals surface area (Å²) in [5, 5.41) is 6.44. The van der Waals surface area contributed by atoms with Crippen molar-refractivity contribution in [1.29, 1.82) is 0 Å². The molecule has 1 N–H and O–H groups in total. The molecule has 0 atom stereocenters. The third kappa shape index (κ3) is 2.88. The molecule has 5 nitrogen and oxygen atoms in total. The number of hydrogen-bond donors (Lipinski definition) is 1. The van der Waals surface area contributed by atoms with Crippen LogP contribution in [0.2, 0.25) is 0 Å². The zero-order chi connectivity index (χ0) is 10.8. The van der Waals surface area contributed by atoms with Gasteiger partial charge in [-0.1, -0.05) is 18.2 Å². The van der Waals surface area contributed by atoms with Gasteiger partial charge in [-0.05, 0) is 6.07 Å². The fourth-order valence-electron chi connectivity index (χ4n) is 0.917. The van der Waals surface area contributed by atoms with Crippen molar-refractivity contribution in [1.82, 2.24) is 0 Å². The number of carboxylic acid groups (broad SMARTS) is 1. The Morgan fingerprint density at radius 3 is 2.27 bits per heavy atom. The predicted molar refractivity (Wildman–Crippen MR) is 54.2 cm³/mol. The average Bonchev–Trinajstić information content (AvgIpc) is 2.17. The Morgan fingerprint density at radius 1 is 1.27 bits per heavy atom. The molecule has 76 valence electrons. The van der Waals surface area contributed by atoms with Crippen molar-refractivity contribution in [3.63, 3.8) is 0 Å². The number of hydrogen-bond acceptors (Lipinski definition) is 4. The molecular weight excluding hydrogens is 231 g/mol. The van der Waals surface area contributed by atoms with Crippen molar-refractivity contribution < 1.29 is 23.1 Å². The van der Waals surface area contributed by atoms with E-state index in [0.29, 0.717) is 6.29 Å². The van der Waals surface area contributed by atoms with E-state index in [0.717, 1.165) is 6.07 Å². The molecule has 15 heavy (non-hydrogen) atoms. The summed E-state index contributed by atoms with van der Waals surface area (Å²) in [6.45, 7) is 0. The molecule has 0 radical (unpaired) electrons. The molecule has 0 aliphatic heterocycles. The summed E-state index contributed by atoms with van der Waals surface area (Å²) in [5.41, 5.74) is -0.157. The normalized spacial score (nSPS) is 10.1. The summed E-state index contributed by atoms with van der Waals surface area (Å²) in [7, 11) is -4.43. The Labute approximate surface area is 108 Å². The van der Waals surface area contributed by atoms with Gasteiger partial charge in [-0.2, -0.15) is 0 Å². The Kier molecular flexibility index (Phi) is 5.16. The van der Waals surface area contributed by atoms with Crippen molar-refractivity contribution in [2.75, 3.05) is 0 Å².